The molecule has 1 aliphatic heterocycles. The van der Waals surface area contributed by atoms with E-state index in [0.29, 0.717) is 11.8 Å². The lowest BCUT2D eigenvalue weighted by Gasteiger charge is -2.35. The zero-order valence-electron chi connectivity index (χ0n) is 11.2. The lowest BCUT2D eigenvalue weighted by molar-refractivity contribution is 0.0987. The van der Waals surface area contributed by atoms with Crippen LogP contribution in [0.5, 0.6) is 0 Å². The molecule has 1 aromatic heterocycles. The monoisotopic (exact) mass is 255 g/mol. The van der Waals surface area contributed by atoms with Gasteiger partial charge in [-0.15, -0.1) is 0 Å². The number of furan rings is 1. The van der Waals surface area contributed by atoms with Crippen molar-refractivity contribution in [1.82, 2.24) is 0 Å². The Bertz CT molecular complexity index is 615. The molecule has 3 heteroatoms. The number of benzene rings is 1. The molecule has 0 fully saturated rings. The number of ketones is 1. The van der Waals surface area contributed by atoms with Gasteiger partial charge in [0.05, 0.1) is 0 Å². The van der Waals surface area contributed by atoms with Gasteiger partial charge in [-0.1, -0.05) is 18.2 Å². The summed E-state index contributed by atoms with van der Waals surface area (Å²) in [5.41, 5.74) is 2.52. The Morgan fingerprint density at radius 3 is 2.79 bits per heavy atom. The molecule has 0 saturated heterocycles. The predicted octanol–water partition coefficient (Wildman–Crippen LogP) is 3.96. The van der Waals surface area contributed by atoms with Crippen LogP contribution in [0.1, 0.15) is 36.4 Å². The van der Waals surface area contributed by atoms with Gasteiger partial charge in [-0.25, -0.2) is 0 Å². The maximum absolute atomic E-state index is 11.4. The summed E-state index contributed by atoms with van der Waals surface area (Å²) in [6, 6.07) is 12.4. The van der Waals surface area contributed by atoms with Gasteiger partial charge in [0.2, 0.25) is 5.88 Å². The number of aryl methyl sites for hydroxylation is 1. The van der Waals surface area contributed by atoms with Crippen LogP contribution in [0, 0.1) is 0 Å². The fourth-order valence-corrected chi connectivity index (χ4v) is 2.67. The average molecular weight is 255 g/mol. The molecule has 1 aliphatic rings. The van der Waals surface area contributed by atoms with Crippen LogP contribution < -0.4 is 4.90 Å². The van der Waals surface area contributed by atoms with Crippen molar-refractivity contribution < 1.29 is 9.21 Å². The van der Waals surface area contributed by atoms with Crippen molar-refractivity contribution in [2.75, 3.05) is 4.90 Å². The normalized spacial score (nSPS) is 18.2. The van der Waals surface area contributed by atoms with E-state index in [9.17, 15) is 4.79 Å². The van der Waals surface area contributed by atoms with Crippen molar-refractivity contribution in [1.29, 1.82) is 0 Å². The molecule has 0 bridgehead atoms. The summed E-state index contributed by atoms with van der Waals surface area (Å²) in [4.78, 5) is 13.5. The molecule has 3 nitrogen and oxygen atoms in total. The largest absolute Gasteiger partial charge is 0.437 e. The van der Waals surface area contributed by atoms with Gasteiger partial charge in [0, 0.05) is 24.7 Å². The summed E-state index contributed by atoms with van der Waals surface area (Å²) in [5, 5.41) is 0. The average Bonchev–Trinajstić information content (AvgIpc) is 2.88. The Balaban J connectivity index is 2.05. The second-order valence-corrected chi connectivity index (χ2v) is 5.08. The fraction of sp³-hybridized carbons (Fsp3) is 0.312. The predicted molar refractivity (Wildman–Crippen MR) is 75.1 cm³/mol. The number of hydrogen-bond donors (Lipinski definition) is 0. The van der Waals surface area contributed by atoms with E-state index in [1.54, 1.807) is 6.07 Å². The highest BCUT2D eigenvalue weighted by molar-refractivity contribution is 5.91. The van der Waals surface area contributed by atoms with Crippen LogP contribution in [0.15, 0.2) is 40.8 Å². The highest BCUT2D eigenvalue weighted by Crippen LogP contribution is 2.37. The topological polar surface area (TPSA) is 33.5 Å². The lowest BCUT2D eigenvalue weighted by Crippen LogP contribution is -2.32. The number of rotatable bonds is 2. The molecule has 0 N–H and O–H groups in total. The van der Waals surface area contributed by atoms with Crippen molar-refractivity contribution >= 4 is 17.4 Å². The summed E-state index contributed by atoms with van der Waals surface area (Å²) in [5.74, 6) is 1.14. The van der Waals surface area contributed by atoms with E-state index in [4.69, 9.17) is 4.42 Å². The Hall–Kier alpha value is -2.03. The summed E-state index contributed by atoms with van der Waals surface area (Å²) in [6.45, 7) is 3.71. The third-order valence-electron chi connectivity index (χ3n) is 3.70. The van der Waals surface area contributed by atoms with Crippen LogP contribution in [-0.2, 0) is 6.42 Å². The number of nitrogens with zero attached hydrogens (tertiary/aromatic N) is 1. The van der Waals surface area contributed by atoms with Gasteiger partial charge in [-0.05, 0) is 37.5 Å². The zero-order chi connectivity index (χ0) is 13.4. The van der Waals surface area contributed by atoms with E-state index in [0.717, 1.165) is 18.7 Å². The third-order valence-corrected chi connectivity index (χ3v) is 3.70. The molecule has 1 unspecified atom stereocenters. The molecule has 0 aliphatic carbocycles. The second kappa shape index (κ2) is 4.57. The van der Waals surface area contributed by atoms with Crippen LogP contribution in [-0.4, -0.2) is 11.8 Å². The van der Waals surface area contributed by atoms with Gasteiger partial charge in [0.1, 0.15) is 0 Å². The molecular weight excluding hydrogens is 238 g/mol. The summed E-state index contributed by atoms with van der Waals surface area (Å²) in [6.07, 6.45) is 2.18. The van der Waals surface area contributed by atoms with Crippen molar-refractivity contribution in [3.05, 3.63) is 47.7 Å². The summed E-state index contributed by atoms with van der Waals surface area (Å²) in [7, 11) is 0. The third kappa shape index (κ3) is 2.05. The number of anilines is 2. The molecule has 19 heavy (non-hydrogen) atoms. The van der Waals surface area contributed by atoms with Crippen LogP contribution in [0.4, 0.5) is 11.6 Å². The Labute approximate surface area is 112 Å². The summed E-state index contributed by atoms with van der Waals surface area (Å²) < 4.78 is 5.69. The minimum atomic E-state index is -0.0378. The van der Waals surface area contributed by atoms with Gasteiger partial charge < -0.3 is 9.32 Å². The molecule has 2 heterocycles. The van der Waals surface area contributed by atoms with Crippen LogP contribution in [0.25, 0.3) is 0 Å². The van der Waals surface area contributed by atoms with E-state index >= 15 is 0 Å². The first-order valence-corrected chi connectivity index (χ1v) is 6.64. The molecule has 1 aromatic carbocycles. The van der Waals surface area contributed by atoms with Crippen molar-refractivity contribution in [3.8, 4) is 0 Å². The van der Waals surface area contributed by atoms with Crippen molar-refractivity contribution in [3.63, 3.8) is 0 Å². The first-order chi connectivity index (χ1) is 9.16. The van der Waals surface area contributed by atoms with Crippen molar-refractivity contribution in [2.45, 2.75) is 32.7 Å². The zero-order valence-corrected chi connectivity index (χ0v) is 11.2. The first-order valence-electron chi connectivity index (χ1n) is 6.64. The van der Waals surface area contributed by atoms with Gasteiger partial charge in [0.25, 0.3) is 0 Å². The Morgan fingerprint density at radius 2 is 2.05 bits per heavy atom. The smallest absolute Gasteiger partial charge is 0.201 e. The quantitative estimate of drug-likeness (QED) is 0.762. The van der Waals surface area contributed by atoms with E-state index < -0.39 is 0 Å². The number of Topliss-reactive ketones (excluding diaryl/α,β-unsaturated/α-hetero) is 1. The first kappa shape index (κ1) is 12.0. The molecule has 1 atom stereocenters. The fourth-order valence-electron chi connectivity index (χ4n) is 2.67. The Morgan fingerprint density at radius 1 is 1.26 bits per heavy atom. The second-order valence-electron chi connectivity index (χ2n) is 5.08. The molecule has 0 saturated carbocycles. The maximum atomic E-state index is 11.4. The van der Waals surface area contributed by atoms with Gasteiger partial charge in [0.15, 0.2) is 11.5 Å². The Kier molecular flexibility index (Phi) is 2.90. The molecule has 98 valence electrons. The van der Waals surface area contributed by atoms with Crippen LogP contribution >= 0.6 is 0 Å². The molecule has 2 aromatic rings. The van der Waals surface area contributed by atoms with Crippen molar-refractivity contribution in [2.24, 2.45) is 0 Å². The van der Waals surface area contributed by atoms with Crippen LogP contribution in [0.2, 0.25) is 0 Å². The highest BCUT2D eigenvalue weighted by atomic mass is 16.4. The minimum absolute atomic E-state index is 0.0378. The molecule has 3 rings (SSSR count). The number of carbonyl (C=O) groups is 1. The van der Waals surface area contributed by atoms with Crippen LogP contribution in [0.3, 0.4) is 0 Å². The number of fused-ring (bicyclic) bond motifs is 1. The number of carbonyl (C=O) groups excluding carboxylic acids is 1. The van der Waals surface area contributed by atoms with E-state index in [1.165, 1.54) is 18.2 Å². The molecule has 0 spiro atoms. The SMILES string of the molecule is CC(=O)c1ccc(N2c3ccccc3CCC2C)o1. The molecule has 0 radical (unpaired) electrons. The molecular formula is C16H17NO2. The standard InChI is InChI=1S/C16H17NO2/c1-11-7-8-13-5-3-4-6-14(13)17(11)16-10-9-15(19-16)12(2)18/h3-6,9-11H,7-8H2,1-2H3. The minimum Gasteiger partial charge on any atom is -0.437 e. The maximum Gasteiger partial charge on any atom is 0.201 e. The molecule has 0 amide bonds. The highest BCUT2D eigenvalue weighted by Gasteiger charge is 2.26. The van der Waals surface area contributed by atoms with E-state index in [2.05, 4.69) is 30.0 Å². The summed E-state index contributed by atoms with van der Waals surface area (Å²) >= 11 is 0. The van der Waals surface area contributed by atoms with Gasteiger partial charge in [-0.2, -0.15) is 0 Å². The van der Waals surface area contributed by atoms with Gasteiger partial charge >= 0.3 is 0 Å². The van der Waals surface area contributed by atoms with Gasteiger partial charge in [-0.3, -0.25) is 4.79 Å². The number of hydrogen-bond acceptors (Lipinski definition) is 3. The van der Waals surface area contributed by atoms with E-state index in [1.807, 2.05) is 12.1 Å². The number of para-hydroxylation sites is 1. The van der Waals surface area contributed by atoms with E-state index in [-0.39, 0.29) is 5.78 Å². The lowest BCUT2D eigenvalue weighted by atomic mass is 9.97.